The molecule has 24 heavy (non-hydrogen) atoms. The summed E-state index contributed by atoms with van der Waals surface area (Å²) >= 11 is 0. The summed E-state index contributed by atoms with van der Waals surface area (Å²) in [5.41, 5.74) is 0. The summed E-state index contributed by atoms with van der Waals surface area (Å²) in [5, 5.41) is 0. The second-order valence-electron chi connectivity index (χ2n) is 7.79. The van der Waals surface area contributed by atoms with Crippen LogP contribution < -0.4 is 0 Å². The third kappa shape index (κ3) is 12.3. The number of unbranched alkanes of at least 4 members (excludes halogenated alkanes) is 9. The van der Waals surface area contributed by atoms with Gasteiger partial charge in [-0.1, -0.05) is 105 Å². The Kier molecular flexibility index (Phi) is 17.9. The maximum atomic E-state index is 3.39. The molecular formula is C22H48P2. The molecule has 2 heteroatoms. The summed E-state index contributed by atoms with van der Waals surface area (Å²) in [5.74, 6) is 0.936. The quantitative estimate of drug-likeness (QED) is 0.166. The van der Waals surface area contributed by atoms with Crippen LogP contribution in [0.15, 0.2) is 0 Å². The Morgan fingerprint density at radius 1 is 0.708 bits per heavy atom. The molecule has 0 bridgehead atoms. The molecule has 0 aromatic heterocycles. The molecule has 0 radical (unpaired) electrons. The molecule has 0 saturated heterocycles. The maximum absolute atomic E-state index is 3.39. The molecule has 4 atom stereocenters. The van der Waals surface area contributed by atoms with Crippen molar-refractivity contribution in [2.45, 2.75) is 129 Å². The molecule has 0 aliphatic carbocycles. The van der Waals surface area contributed by atoms with E-state index in [9.17, 15) is 0 Å². The molecule has 4 unspecified atom stereocenters. The first-order chi connectivity index (χ1) is 11.6. The van der Waals surface area contributed by atoms with Crippen molar-refractivity contribution in [3.8, 4) is 0 Å². The van der Waals surface area contributed by atoms with Gasteiger partial charge in [0.15, 0.2) is 0 Å². The molecule has 0 aromatic carbocycles. The van der Waals surface area contributed by atoms with Crippen molar-refractivity contribution in [2.75, 3.05) is 6.16 Å². The highest BCUT2D eigenvalue weighted by Crippen LogP contribution is 2.51. The molecule has 0 aliphatic heterocycles. The first kappa shape index (κ1) is 24.9. The van der Waals surface area contributed by atoms with Gasteiger partial charge < -0.3 is 0 Å². The Bertz CT molecular complexity index is 254. The average Bonchev–Trinajstić information content (AvgIpc) is 2.58. The van der Waals surface area contributed by atoms with Gasteiger partial charge in [-0.15, -0.1) is 17.8 Å². The zero-order valence-electron chi connectivity index (χ0n) is 17.5. The number of hydrogen-bond acceptors (Lipinski definition) is 0. The molecule has 0 aliphatic rings. The Hall–Kier alpha value is 0.860. The van der Waals surface area contributed by atoms with Crippen LogP contribution in [0.2, 0.25) is 0 Å². The Balaban J connectivity index is 4.47. The Morgan fingerprint density at radius 2 is 1.25 bits per heavy atom. The molecular weight excluding hydrogens is 326 g/mol. The molecule has 0 amide bonds. The van der Waals surface area contributed by atoms with Gasteiger partial charge in [0.05, 0.1) is 0 Å². The summed E-state index contributed by atoms with van der Waals surface area (Å²) < 4.78 is 0. The minimum Gasteiger partial charge on any atom is -0.126 e. The van der Waals surface area contributed by atoms with Crippen molar-refractivity contribution in [1.29, 1.82) is 0 Å². The molecule has 0 N–H and O–H groups in total. The fourth-order valence-corrected chi connectivity index (χ4v) is 6.72. The lowest BCUT2D eigenvalue weighted by Gasteiger charge is -2.38. The van der Waals surface area contributed by atoms with Gasteiger partial charge in [-0.25, -0.2) is 0 Å². The molecule has 0 aromatic rings. The zero-order valence-corrected chi connectivity index (χ0v) is 19.6. The van der Waals surface area contributed by atoms with E-state index in [2.05, 4.69) is 36.9 Å². The van der Waals surface area contributed by atoms with Gasteiger partial charge in [-0.3, -0.25) is 0 Å². The first-order valence-corrected chi connectivity index (χ1v) is 13.0. The van der Waals surface area contributed by atoms with Gasteiger partial charge in [-0.05, 0) is 31.3 Å². The standard InChI is InChI=1S/C22H48P2/c1-5-9-12-15-18-21(8-4)22(23,19-16-13-10-6-2)24-20-17-14-11-7-3/h21,24H,5-20,23H2,1-4H3. The highest BCUT2D eigenvalue weighted by Gasteiger charge is 2.31. The largest absolute Gasteiger partial charge is 0.126 e. The first-order valence-electron chi connectivity index (χ1n) is 11.2. The van der Waals surface area contributed by atoms with E-state index in [0.29, 0.717) is 4.90 Å². The van der Waals surface area contributed by atoms with Crippen LogP contribution in [-0.2, 0) is 0 Å². The topological polar surface area (TPSA) is 0 Å². The second kappa shape index (κ2) is 17.3. The van der Waals surface area contributed by atoms with Crippen LogP contribution in [0.25, 0.3) is 0 Å². The minimum atomic E-state index is 0.556. The SMILES string of the molecule is CCCCCCPC(P)(CCCCCC)C(CC)CCCCCC. The van der Waals surface area contributed by atoms with Crippen LogP contribution in [0.3, 0.4) is 0 Å². The van der Waals surface area contributed by atoms with Gasteiger partial charge in [0, 0.05) is 4.90 Å². The molecule has 0 rings (SSSR count). The monoisotopic (exact) mass is 374 g/mol. The molecule has 0 nitrogen and oxygen atoms in total. The lowest BCUT2D eigenvalue weighted by molar-refractivity contribution is 0.380. The predicted octanol–water partition coefficient (Wildman–Crippen LogP) is 8.78. The van der Waals surface area contributed by atoms with E-state index < -0.39 is 0 Å². The van der Waals surface area contributed by atoms with Crippen LogP contribution in [0.1, 0.15) is 124 Å². The minimum absolute atomic E-state index is 0.556. The van der Waals surface area contributed by atoms with Gasteiger partial charge in [-0.2, -0.15) is 0 Å². The molecule has 0 heterocycles. The van der Waals surface area contributed by atoms with Crippen molar-refractivity contribution in [2.24, 2.45) is 5.92 Å². The van der Waals surface area contributed by atoms with Crippen molar-refractivity contribution in [3.05, 3.63) is 0 Å². The van der Waals surface area contributed by atoms with Gasteiger partial charge >= 0.3 is 0 Å². The van der Waals surface area contributed by atoms with Crippen LogP contribution in [0.5, 0.6) is 0 Å². The summed E-state index contributed by atoms with van der Waals surface area (Å²) in [6.07, 6.45) is 22.8. The van der Waals surface area contributed by atoms with E-state index in [-0.39, 0.29) is 0 Å². The van der Waals surface area contributed by atoms with E-state index >= 15 is 0 Å². The van der Waals surface area contributed by atoms with Crippen LogP contribution in [0, 0.1) is 5.92 Å². The van der Waals surface area contributed by atoms with E-state index in [1.807, 2.05) is 0 Å². The lowest BCUT2D eigenvalue weighted by Crippen LogP contribution is -2.27. The Labute approximate surface area is 159 Å². The molecule has 0 fully saturated rings. The fourth-order valence-electron chi connectivity index (χ4n) is 3.80. The maximum Gasteiger partial charge on any atom is 0.00492 e. The zero-order chi connectivity index (χ0) is 18.1. The molecule has 0 saturated carbocycles. The number of hydrogen-bond donors (Lipinski definition) is 0. The lowest BCUT2D eigenvalue weighted by atomic mass is 9.91. The van der Waals surface area contributed by atoms with Crippen LogP contribution >= 0.6 is 17.8 Å². The molecule has 0 spiro atoms. The second-order valence-corrected chi connectivity index (χ2v) is 11.2. The van der Waals surface area contributed by atoms with E-state index in [4.69, 9.17) is 0 Å². The highest BCUT2D eigenvalue weighted by molar-refractivity contribution is 7.52. The predicted molar refractivity (Wildman–Crippen MR) is 121 cm³/mol. The van der Waals surface area contributed by atoms with Gasteiger partial charge in [0.25, 0.3) is 0 Å². The summed E-state index contributed by atoms with van der Waals surface area (Å²) in [6.45, 7) is 9.41. The third-order valence-corrected chi connectivity index (χ3v) is 8.85. The number of rotatable bonds is 18. The fraction of sp³-hybridized carbons (Fsp3) is 1.00. The van der Waals surface area contributed by atoms with Crippen molar-refractivity contribution in [3.63, 3.8) is 0 Å². The summed E-state index contributed by atoms with van der Waals surface area (Å²) in [6, 6.07) is 0. The summed E-state index contributed by atoms with van der Waals surface area (Å²) in [4.78, 5) is 0.556. The van der Waals surface area contributed by atoms with E-state index in [0.717, 1.165) is 14.5 Å². The third-order valence-electron chi connectivity index (χ3n) is 5.56. The highest BCUT2D eigenvalue weighted by atomic mass is 31.1. The van der Waals surface area contributed by atoms with Crippen molar-refractivity contribution >= 4 is 17.8 Å². The van der Waals surface area contributed by atoms with Crippen LogP contribution in [0.4, 0.5) is 0 Å². The molecule has 146 valence electrons. The normalized spacial score (nSPS) is 15.9. The average molecular weight is 375 g/mol. The van der Waals surface area contributed by atoms with Crippen LogP contribution in [-0.4, -0.2) is 11.1 Å². The van der Waals surface area contributed by atoms with E-state index in [1.54, 1.807) is 0 Å². The van der Waals surface area contributed by atoms with Gasteiger partial charge in [0.2, 0.25) is 0 Å². The van der Waals surface area contributed by atoms with Crippen molar-refractivity contribution in [1.82, 2.24) is 0 Å². The smallest absolute Gasteiger partial charge is 0.00492 e. The Morgan fingerprint density at radius 3 is 1.79 bits per heavy atom. The van der Waals surface area contributed by atoms with Crippen molar-refractivity contribution < 1.29 is 0 Å². The summed E-state index contributed by atoms with van der Waals surface area (Å²) in [7, 11) is 4.56. The van der Waals surface area contributed by atoms with Gasteiger partial charge in [0.1, 0.15) is 0 Å². The van der Waals surface area contributed by atoms with E-state index in [1.165, 1.54) is 102 Å².